The minimum Gasteiger partial charge on any atom is -0.494 e. The van der Waals surface area contributed by atoms with Gasteiger partial charge in [-0.3, -0.25) is 4.90 Å². The van der Waals surface area contributed by atoms with Gasteiger partial charge in [0.25, 0.3) is 0 Å². The molecule has 0 amide bonds. The Bertz CT molecular complexity index is 1120. The predicted molar refractivity (Wildman–Crippen MR) is 106 cm³/mol. The number of halogens is 1. The highest BCUT2D eigenvalue weighted by Gasteiger charge is 2.32. The maximum absolute atomic E-state index is 14.0. The number of benzene rings is 2. The molecule has 4 nitrogen and oxygen atoms in total. The highest BCUT2D eigenvalue weighted by Crippen LogP contribution is 2.40. The second-order valence-electron chi connectivity index (χ2n) is 7.21. The van der Waals surface area contributed by atoms with Crippen LogP contribution in [0.25, 0.3) is 10.9 Å². The van der Waals surface area contributed by atoms with E-state index in [9.17, 15) is 4.39 Å². The number of aromatic amines is 1. The van der Waals surface area contributed by atoms with Crippen molar-refractivity contribution in [1.82, 2.24) is 9.88 Å². The quantitative estimate of drug-likeness (QED) is 0.541. The van der Waals surface area contributed by atoms with Gasteiger partial charge < -0.3 is 14.1 Å². The van der Waals surface area contributed by atoms with E-state index in [2.05, 4.69) is 28.1 Å². The van der Waals surface area contributed by atoms with Crippen LogP contribution in [0.5, 0.6) is 5.75 Å². The highest BCUT2D eigenvalue weighted by atomic mass is 19.1. The number of hydrogen-bond donors (Lipinski definition) is 1. The molecule has 3 heterocycles. The summed E-state index contributed by atoms with van der Waals surface area (Å²) >= 11 is 0. The Balaban J connectivity index is 1.65. The molecule has 0 fully saturated rings. The lowest BCUT2D eigenvalue weighted by Gasteiger charge is -2.36. The average Bonchev–Trinajstić information content (AvgIpc) is 3.36. The van der Waals surface area contributed by atoms with Crippen LogP contribution in [-0.2, 0) is 13.0 Å². The molecular weight excluding hydrogens is 355 g/mol. The first-order valence-electron chi connectivity index (χ1n) is 9.42. The Morgan fingerprint density at radius 2 is 2.11 bits per heavy atom. The molecule has 2 aromatic carbocycles. The van der Waals surface area contributed by atoms with Crippen LogP contribution in [0.1, 0.15) is 28.4 Å². The molecule has 1 unspecified atom stereocenters. The molecular formula is C23H21FN2O2. The summed E-state index contributed by atoms with van der Waals surface area (Å²) in [5.74, 6) is -0.0793. The van der Waals surface area contributed by atoms with E-state index in [-0.39, 0.29) is 17.6 Å². The standard InChI is InChI=1S/C23H21FN2O2/c1-27-21-12-16(6-7-19(21)24)23-22-18(17-4-2-3-5-20(17)25-22)8-10-26(23)13-15-9-11-28-14-15/h2-7,9,11-12,14,23,25H,8,10,13H2,1H3. The summed E-state index contributed by atoms with van der Waals surface area (Å²) in [5, 5.41) is 1.26. The number of aromatic nitrogens is 1. The smallest absolute Gasteiger partial charge is 0.165 e. The number of furan rings is 1. The summed E-state index contributed by atoms with van der Waals surface area (Å²) in [6.07, 6.45) is 4.44. The van der Waals surface area contributed by atoms with Gasteiger partial charge >= 0.3 is 0 Å². The van der Waals surface area contributed by atoms with Crippen molar-refractivity contribution in [1.29, 1.82) is 0 Å². The van der Waals surface area contributed by atoms with Crippen LogP contribution in [0, 0.1) is 5.82 Å². The van der Waals surface area contributed by atoms with E-state index in [0.29, 0.717) is 0 Å². The SMILES string of the molecule is COc1cc(C2c3[nH]c4ccccc4c3CCN2Cc2ccoc2)ccc1F. The third-order valence-electron chi connectivity index (χ3n) is 5.59. The minimum absolute atomic E-state index is 0.0134. The van der Waals surface area contributed by atoms with Gasteiger partial charge in [0.15, 0.2) is 11.6 Å². The minimum atomic E-state index is -0.347. The van der Waals surface area contributed by atoms with Crippen LogP contribution in [0.3, 0.4) is 0 Å². The van der Waals surface area contributed by atoms with Crippen molar-refractivity contribution < 1.29 is 13.5 Å². The lowest BCUT2D eigenvalue weighted by molar-refractivity contribution is 0.201. The van der Waals surface area contributed by atoms with Gasteiger partial charge in [-0.25, -0.2) is 4.39 Å². The third kappa shape index (κ3) is 2.79. The zero-order valence-electron chi connectivity index (χ0n) is 15.6. The number of methoxy groups -OCH3 is 1. The molecule has 2 aromatic heterocycles. The highest BCUT2D eigenvalue weighted by molar-refractivity contribution is 5.85. The van der Waals surface area contributed by atoms with Crippen LogP contribution in [0.4, 0.5) is 4.39 Å². The normalized spacial score (nSPS) is 17.0. The second-order valence-corrected chi connectivity index (χ2v) is 7.21. The van der Waals surface area contributed by atoms with Crippen molar-refractivity contribution in [3.05, 3.63) is 89.3 Å². The zero-order chi connectivity index (χ0) is 19.1. The fraction of sp³-hybridized carbons (Fsp3) is 0.217. The molecule has 0 saturated heterocycles. The first-order chi connectivity index (χ1) is 13.7. The number of para-hydroxylation sites is 1. The number of hydrogen-bond acceptors (Lipinski definition) is 3. The summed E-state index contributed by atoms with van der Waals surface area (Å²) in [5.41, 5.74) is 5.78. The largest absolute Gasteiger partial charge is 0.494 e. The van der Waals surface area contributed by atoms with Crippen molar-refractivity contribution in [2.24, 2.45) is 0 Å². The Morgan fingerprint density at radius 3 is 2.93 bits per heavy atom. The van der Waals surface area contributed by atoms with Crippen molar-refractivity contribution in [3.63, 3.8) is 0 Å². The first-order valence-corrected chi connectivity index (χ1v) is 9.42. The molecule has 1 aliphatic rings. The number of ether oxygens (including phenoxy) is 1. The molecule has 0 aliphatic carbocycles. The molecule has 5 heteroatoms. The Labute approximate surface area is 162 Å². The van der Waals surface area contributed by atoms with E-state index in [0.717, 1.165) is 36.2 Å². The lowest BCUT2D eigenvalue weighted by Crippen LogP contribution is -2.35. The van der Waals surface area contributed by atoms with Gasteiger partial charge in [0.05, 0.1) is 25.7 Å². The number of rotatable bonds is 4. The number of fused-ring (bicyclic) bond motifs is 3. The summed E-state index contributed by atoms with van der Waals surface area (Å²) in [4.78, 5) is 6.02. The maximum atomic E-state index is 14.0. The zero-order valence-corrected chi connectivity index (χ0v) is 15.6. The van der Waals surface area contributed by atoms with Crippen LogP contribution in [0.2, 0.25) is 0 Å². The molecule has 0 radical (unpaired) electrons. The molecule has 142 valence electrons. The van der Waals surface area contributed by atoms with E-state index in [1.165, 1.54) is 29.8 Å². The Hall–Kier alpha value is -3.05. The average molecular weight is 376 g/mol. The molecule has 5 rings (SSSR count). The summed E-state index contributed by atoms with van der Waals surface area (Å²) in [6, 6.07) is 15.5. The van der Waals surface area contributed by atoms with Gasteiger partial charge in [0, 0.05) is 35.2 Å². The van der Waals surface area contributed by atoms with Crippen LogP contribution < -0.4 is 4.74 Å². The Kier molecular flexibility index (Phi) is 4.17. The monoisotopic (exact) mass is 376 g/mol. The molecule has 0 bridgehead atoms. The van der Waals surface area contributed by atoms with Gasteiger partial charge in [0.1, 0.15) is 0 Å². The molecule has 1 atom stereocenters. The van der Waals surface area contributed by atoms with Gasteiger partial charge in [-0.1, -0.05) is 24.3 Å². The van der Waals surface area contributed by atoms with Crippen LogP contribution in [-0.4, -0.2) is 23.5 Å². The summed E-state index contributed by atoms with van der Waals surface area (Å²) < 4.78 is 24.6. The van der Waals surface area contributed by atoms with Gasteiger partial charge in [0.2, 0.25) is 0 Å². The van der Waals surface area contributed by atoms with Crippen LogP contribution in [0.15, 0.2) is 65.5 Å². The second kappa shape index (κ2) is 6.84. The van der Waals surface area contributed by atoms with Gasteiger partial charge in [-0.2, -0.15) is 0 Å². The maximum Gasteiger partial charge on any atom is 0.165 e. The Morgan fingerprint density at radius 1 is 1.21 bits per heavy atom. The van der Waals surface area contributed by atoms with Crippen LogP contribution >= 0.6 is 0 Å². The first kappa shape index (κ1) is 17.1. The van der Waals surface area contributed by atoms with Crippen molar-refractivity contribution in [2.75, 3.05) is 13.7 Å². The van der Waals surface area contributed by atoms with E-state index < -0.39 is 0 Å². The van der Waals surface area contributed by atoms with Gasteiger partial charge in [-0.05, 0) is 41.8 Å². The predicted octanol–water partition coefficient (Wildman–Crippen LogP) is 5.06. The number of H-pyrrole nitrogens is 1. The van der Waals surface area contributed by atoms with E-state index in [1.807, 2.05) is 24.3 Å². The van der Waals surface area contributed by atoms with E-state index >= 15 is 0 Å². The summed E-state index contributed by atoms with van der Waals surface area (Å²) in [6.45, 7) is 1.67. The third-order valence-corrected chi connectivity index (χ3v) is 5.59. The lowest BCUT2D eigenvalue weighted by atomic mass is 9.92. The summed E-state index contributed by atoms with van der Waals surface area (Å²) in [7, 11) is 1.50. The fourth-order valence-electron chi connectivity index (χ4n) is 4.30. The topological polar surface area (TPSA) is 41.4 Å². The van der Waals surface area contributed by atoms with Gasteiger partial charge in [-0.15, -0.1) is 0 Å². The number of nitrogens with zero attached hydrogens (tertiary/aromatic N) is 1. The molecule has 28 heavy (non-hydrogen) atoms. The van der Waals surface area contributed by atoms with E-state index in [1.54, 1.807) is 12.5 Å². The van der Waals surface area contributed by atoms with Crippen molar-refractivity contribution >= 4 is 10.9 Å². The molecule has 1 N–H and O–H groups in total. The molecule has 0 saturated carbocycles. The van der Waals surface area contributed by atoms with Crippen molar-refractivity contribution in [3.8, 4) is 5.75 Å². The fourth-order valence-corrected chi connectivity index (χ4v) is 4.30. The van der Waals surface area contributed by atoms with E-state index in [4.69, 9.17) is 9.15 Å². The molecule has 0 spiro atoms. The molecule has 4 aromatic rings. The van der Waals surface area contributed by atoms with Crippen molar-refractivity contribution in [2.45, 2.75) is 19.0 Å². The molecule has 1 aliphatic heterocycles. The number of nitrogens with one attached hydrogen (secondary N) is 1.